The Morgan fingerprint density at radius 3 is 1.84 bits per heavy atom. The second kappa shape index (κ2) is 17.0. The average molecular weight is 671 g/mol. The fraction of sp³-hybridized carbons (Fsp3) is 0.0857. The first kappa shape index (κ1) is 34.0. The van der Waals surface area contributed by atoms with Gasteiger partial charge in [-0.2, -0.15) is 0 Å². The van der Waals surface area contributed by atoms with Gasteiger partial charge < -0.3 is 24.3 Å². The number of carbonyl (C=O) groups is 2. The summed E-state index contributed by atoms with van der Waals surface area (Å²) < 4.78 is 16.4. The molecule has 0 saturated heterocycles. The lowest BCUT2D eigenvalue weighted by Crippen LogP contribution is -1.95. The molecule has 10 heteroatoms. The topological polar surface area (TPSA) is 124 Å². The smallest absolute Gasteiger partial charge is 0.335 e. The number of esters is 1. The summed E-state index contributed by atoms with van der Waals surface area (Å²) in [5.41, 5.74) is 2.75. The van der Waals surface area contributed by atoms with Gasteiger partial charge in [-0.3, -0.25) is 4.79 Å². The number of rotatable bonds is 6. The summed E-state index contributed by atoms with van der Waals surface area (Å²) in [6, 6.07) is 35.1. The minimum Gasteiger partial charge on any atom is -0.478 e. The number of ether oxygens (including phenoxy) is 3. The van der Waals surface area contributed by atoms with E-state index in [1.54, 1.807) is 18.3 Å². The summed E-state index contributed by atoms with van der Waals surface area (Å²) >= 11 is 3.42. The number of carboxylic acid groups (broad SMARTS) is 1. The zero-order valence-corrected chi connectivity index (χ0v) is 25.4. The van der Waals surface area contributed by atoms with Crippen molar-refractivity contribution < 1.29 is 28.9 Å². The van der Waals surface area contributed by atoms with Gasteiger partial charge in [0.15, 0.2) is 5.65 Å². The Bertz CT molecular complexity index is 1830. The lowest BCUT2D eigenvalue weighted by Gasteiger charge is -2.06. The van der Waals surface area contributed by atoms with Gasteiger partial charge in [-0.05, 0) is 76.6 Å². The minimum atomic E-state index is -0.960. The van der Waals surface area contributed by atoms with Crippen molar-refractivity contribution in [1.82, 2.24) is 15.0 Å². The van der Waals surface area contributed by atoms with Crippen LogP contribution in [0, 0.1) is 0 Å². The fourth-order valence-electron chi connectivity index (χ4n) is 3.66. The quantitative estimate of drug-likeness (QED) is 0.168. The normalized spacial score (nSPS) is 9.76. The molecule has 0 radical (unpaired) electrons. The minimum absolute atomic E-state index is 0. The number of benzene rings is 4. The summed E-state index contributed by atoms with van der Waals surface area (Å²) in [6.07, 6.45) is 1.74. The first-order valence-electron chi connectivity index (χ1n) is 13.3. The van der Waals surface area contributed by atoms with Crippen LogP contribution in [-0.2, 0) is 9.53 Å². The third-order valence-electron chi connectivity index (χ3n) is 5.74. The SMILES string of the molecule is Brc1cnc2nc(-c3cccc(Oc4ccccc4)c3)[nH]c2c1.C.COC(C)=O.O=C(O)c1cccc(Oc2ccccc2)c1. The second-order valence-corrected chi connectivity index (χ2v) is 9.91. The molecule has 6 aromatic rings. The standard InChI is InChI=1S/C18H12BrN3O.C13H10O3.C3H6O2.CH4/c19-13-10-16-18(20-11-13)22-17(21-16)12-5-4-8-15(9-12)23-14-6-2-1-3-7-14;14-13(15)10-5-4-8-12(9-10)16-11-6-2-1-3-7-11;1-3(4)5-2;/h1-11H,(H,20,21,22);1-9H,(H,14,15);1-2H3;1H4. The molecule has 0 saturated carbocycles. The molecule has 0 bridgehead atoms. The van der Waals surface area contributed by atoms with Crippen LogP contribution in [0.3, 0.4) is 0 Å². The Hall–Kier alpha value is -5.48. The number of aromatic nitrogens is 3. The number of para-hydroxylation sites is 2. The number of nitrogens with zero attached hydrogens (tertiary/aromatic N) is 2. The van der Waals surface area contributed by atoms with Gasteiger partial charge in [-0.1, -0.05) is 62.0 Å². The molecule has 230 valence electrons. The predicted molar refractivity (Wildman–Crippen MR) is 178 cm³/mol. The van der Waals surface area contributed by atoms with Gasteiger partial charge in [-0.25, -0.2) is 14.8 Å². The van der Waals surface area contributed by atoms with Crippen LogP contribution < -0.4 is 9.47 Å². The molecule has 2 N–H and O–H groups in total. The third-order valence-corrected chi connectivity index (χ3v) is 6.17. The van der Waals surface area contributed by atoms with Crippen molar-refractivity contribution >= 4 is 39.0 Å². The number of pyridine rings is 1. The molecular weight excluding hydrogens is 638 g/mol. The third kappa shape index (κ3) is 10.6. The molecule has 2 aromatic heterocycles. The molecule has 9 nitrogen and oxygen atoms in total. The van der Waals surface area contributed by atoms with Crippen molar-refractivity contribution in [3.8, 4) is 34.4 Å². The Kier molecular flexibility index (Phi) is 12.8. The fourth-order valence-corrected chi connectivity index (χ4v) is 3.99. The maximum absolute atomic E-state index is 10.8. The Labute approximate surface area is 269 Å². The highest BCUT2D eigenvalue weighted by molar-refractivity contribution is 9.10. The summed E-state index contributed by atoms with van der Waals surface area (Å²) in [5, 5.41) is 8.82. The molecule has 6 rings (SSSR count). The zero-order chi connectivity index (χ0) is 31.3. The molecule has 0 aliphatic rings. The van der Waals surface area contributed by atoms with Crippen LogP contribution >= 0.6 is 15.9 Å². The molecule has 0 fully saturated rings. The predicted octanol–water partition coefficient (Wildman–Crippen LogP) is 9.17. The van der Waals surface area contributed by atoms with E-state index in [1.165, 1.54) is 26.2 Å². The molecular formula is C35H32BrN3O6. The van der Waals surface area contributed by atoms with E-state index in [4.69, 9.17) is 14.6 Å². The number of aromatic carboxylic acids is 1. The molecule has 0 aliphatic carbocycles. The summed E-state index contributed by atoms with van der Waals surface area (Å²) in [7, 11) is 1.35. The largest absolute Gasteiger partial charge is 0.478 e. The highest BCUT2D eigenvalue weighted by Crippen LogP contribution is 2.27. The second-order valence-electron chi connectivity index (χ2n) is 9.00. The van der Waals surface area contributed by atoms with Crippen molar-refractivity contribution in [2.75, 3.05) is 7.11 Å². The van der Waals surface area contributed by atoms with Gasteiger partial charge >= 0.3 is 11.9 Å². The first-order chi connectivity index (χ1) is 21.3. The van der Waals surface area contributed by atoms with E-state index in [9.17, 15) is 9.59 Å². The number of imidazole rings is 1. The van der Waals surface area contributed by atoms with Crippen molar-refractivity contribution in [3.05, 3.63) is 131 Å². The van der Waals surface area contributed by atoms with Crippen LogP contribution in [0.15, 0.2) is 126 Å². The molecule has 45 heavy (non-hydrogen) atoms. The van der Waals surface area contributed by atoms with E-state index >= 15 is 0 Å². The number of carbonyl (C=O) groups excluding carboxylic acids is 1. The number of halogens is 1. The monoisotopic (exact) mass is 669 g/mol. The number of hydrogen-bond donors (Lipinski definition) is 2. The van der Waals surface area contributed by atoms with Crippen molar-refractivity contribution in [2.45, 2.75) is 14.4 Å². The Morgan fingerprint density at radius 1 is 0.756 bits per heavy atom. The van der Waals surface area contributed by atoms with Crippen LogP contribution in [-0.4, -0.2) is 39.1 Å². The molecule has 0 aliphatic heterocycles. The highest BCUT2D eigenvalue weighted by atomic mass is 79.9. The number of carboxylic acids is 1. The lowest BCUT2D eigenvalue weighted by molar-refractivity contribution is -0.137. The highest BCUT2D eigenvalue weighted by Gasteiger charge is 2.08. The van der Waals surface area contributed by atoms with E-state index in [-0.39, 0.29) is 19.0 Å². The Morgan fingerprint density at radius 2 is 1.29 bits per heavy atom. The van der Waals surface area contributed by atoms with Gasteiger partial charge in [0, 0.05) is 23.2 Å². The van der Waals surface area contributed by atoms with E-state index in [0.717, 1.165) is 32.9 Å². The van der Waals surface area contributed by atoms with Crippen LogP contribution in [0.25, 0.3) is 22.6 Å². The van der Waals surface area contributed by atoms with Crippen molar-refractivity contribution in [1.29, 1.82) is 0 Å². The summed E-state index contributed by atoms with van der Waals surface area (Å²) in [4.78, 5) is 32.5. The average Bonchev–Trinajstić information content (AvgIpc) is 3.46. The molecule has 0 unspecified atom stereocenters. The molecule has 0 spiro atoms. The van der Waals surface area contributed by atoms with Crippen LogP contribution in [0.5, 0.6) is 23.0 Å². The van der Waals surface area contributed by atoms with Gasteiger partial charge in [-0.15, -0.1) is 0 Å². The lowest BCUT2D eigenvalue weighted by atomic mass is 10.2. The van der Waals surface area contributed by atoms with Crippen LogP contribution in [0.4, 0.5) is 0 Å². The summed E-state index contributed by atoms with van der Waals surface area (Å²) in [6.45, 7) is 1.36. The number of H-pyrrole nitrogens is 1. The van der Waals surface area contributed by atoms with Gasteiger partial charge in [0.25, 0.3) is 0 Å². The van der Waals surface area contributed by atoms with E-state index in [1.807, 2.05) is 91.0 Å². The summed E-state index contributed by atoms with van der Waals surface area (Å²) in [5.74, 6) is 2.34. The van der Waals surface area contributed by atoms with Gasteiger partial charge in [0.05, 0.1) is 18.2 Å². The number of hydrogen-bond acceptors (Lipinski definition) is 7. The number of nitrogens with one attached hydrogen (secondary N) is 1. The van der Waals surface area contributed by atoms with Crippen LogP contribution in [0.2, 0.25) is 0 Å². The molecule has 2 heterocycles. The van der Waals surface area contributed by atoms with E-state index < -0.39 is 5.97 Å². The van der Waals surface area contributed by atoms with Crippen molar-refractivity contribution in [2.24, 2.45) is 0 Å². The number of fused-ring (bicyclic) bond motifs is 1. The maximum atomic E-state index is 10.8. The van der Waals surface area contributed by atoms with E-state index in [0.29, 0.717) is 17.1 Å². The van der Waals surface area contributed by atoms with Gasteiger partial charge in [0.1, 0.15) is 28.8 Å². The molecule has 4 aromatic carbocycles. The Balaban J connectivity index is 0.000000219. The van der Waals surface area contributed by atoms with E-state index in [2.05, 4.69) is 35.6 Å². The molecule has 0 atom stereocenters. The zero-order valence-electron chi connectivity index (χ0n) is 23.8. The van der Waals surface area contributed by atoms with Gasteiger partial charge in [0.2, 0.25) is 0 Å². The first-order valence-corrected chi connectivity index (χ1v) is 14.1. The number of methoxy groups -OCH3 is 1. The van der Waals surface area contributed by atoms with Crippen LogP contribution in [0.1, 0.15) is 24.7 Å². The molecule has 0 amide bonds. The maximum Gasteiger partial charge on any atom is 0.335 e. The van der Waals surface area contributed by atoms with Crippen molar-refractivity contribution in [3.63, 3.8) is 0 Å². The number of aromatic amines is 1.